The lowest BCUT2D eigenvalue weighted by atomic mass is 9.40. The molecule has 5 heteroatoms. The van der Waals surface area contributed by atoms with Crippen LogP contribution in [0.25, 0.3) is 0 Å². The van der Waals surface area contributed by atoms with Gasteiger partial charge in [-0.15, -0.1) is 0 Å². The van der Waals surface area contributed by atoms with Gasteiger partial charge in [0.25, 0.3) is 0 Å². The molecule has 12 atom stereocenters. The lowest BCUT2D eigenvalue weighted by Crippen LogP contribution is -2.64. The van der Waals surface area contributed by atoms with Gasteiger partial charge in [0.15, 0.2) is 0 Å². The lowest BCUT2D eigenvalue weighted by Gasteiger charge is -2.65. The molecule has 4 aliphatic carbocycles. The van der Waals surface area contributed by atoms with E-state index in [1.165, 1.54) is 64.2 Å². The Kier molecular flexibility index (Phi) is 11.7. The van der Waals surface area contributed by atoms with Gasteiger partial charge < -0.3 is 20.4 Å². The first kappa shape index (κ1) is 33.2. The van der Waals surface area contributed by atoms with E-state index in [2.05, 4.69) is 27.7 Å². The van der Waals surface area contributed by atoms with Crippen LogP contribution < -0.4 is 0 Å². The molecule has 0 bridgehead atoms. The van der Waals surface area contributed by atoms with Crippen molar-refractivity contribution in [2.75, 3.05) is 0 Å². The topological polar surface area (TPSA) is 98.0 Å². The average molecular weight is 577 g/mol. The molecule has 4 rings (SSSR count). The highest BCUT2D eigenvalue weighted by Crippen LogP contribution is 2.69. The molecule has 41 heavy (non-hydrogen) atoms. The van der Waals surface area contributed by atoms with Crippen LogP contribution in [0.1, 0.15) is 150 Å². The molecule has 4 fully saturated rings. The molecular weight excluding hydrogens is 512 g/mol. The van der Waals surface area contributed by atoms with Gasteiger partial charge in [0.2, 0.25) is 0 Å². The van der Waals surface area contributed by atoms with E-state index in [0.29, 0.717) is 24.2 Å². The van der Waals surface area contributed by atoms with Gasteiger partial charge in [-0.2, -0.15) is 0 Å². The van der Waals surface area contributed by atoms with Crippen LogP contribution in [0.5, 0.6) is 0 Å². The van der Waals surface area contributed by atoms with E-state index in [9.17, 15) is 25.2 Å². The number of aliphatic carboxylic acids is 1. The monoisotopic (exact) mass is 576 g/mol. The second-order valence-electron chi connectivity index (χ2n) is 15.7. The predicted octanol–water partition coefficient (Wildman–Crippen LogP) is 7.99. The molecule has 0 spiro atoms. The highest BCUT2D eigenvalue weighted by atomic mass is 16.4. The first-order valence-electron chi connectivity index (χ1n) is 17.8. The van der Waals surface area contributed by atoms with Gasteiger partial charge in [0.1, 0.15) is 0 Å². The molecule has 0 aromatic heterocycles. The van der Waals surface area contributed by atoms with E-state index in [0.717, 1.165) is 44.9 Å². The van der Waals surface area contributed by atoms with Crippen molar-refractivity contribution in [2.45, 2.75) is 168 Å². The number of hydrogen-bond acceptors (Lipinski definition) is 4. The smallest absolute Gasteiger partial charge is 0.303 e. The normalized spacial score (nSPS) is 42.8. The highest BCUT2D eigenvalue weighted by Gasteiger charge is 2.67. The van der Waals surface area contributed by atoms with Gasteiger partial charge >= 0.3 is 5.97 Å². The maximum Gasteiger partial charge on any atom is 0.303 e. The first-order chi connectivity index (χ1) is 19.5. The molecule has 0 heterocycles. The Hall–Kier alpha value is -0.650. The summed E-state index contributed by atoms with van der Waals surface area (Å²) in [6.07, 6.45) is 19.5. The molecule has 0 aliphatic heterocycles. The van der Waals surface area contributed by atoms with E-state index in [4.69, 9.17) is 0 Å². The van der Waals surface area contributed by atoms with Crippen molar-refractivity contribution in [3.63, 3.8) is 0 Å². The summed E-state index contributed by atoms with van der Waals surface area (Å²) in [5.74, 6) is 1.36. The second kappa shape index (κ2) is 14.4. The molecule has 0 amide bonds. The molecule has 5 nitrogen and oxygen atoms in total. The summed E-state index contributed by atoms with van der Waals surface area (Å²) >= 11 is 0. The van der Waals surface area contributed by atoms with E-state index in [1.807, 2.05) is 0 Å². The predicted molar refractivity (Wildman–Crippen MR) is 165 cm³/mol. The van der Waals surface area contributed by atoms with Crippen LogP contribution in [0.3, 0.4) is 0 Å². The first-order valence-corrected chi connectivity index (χ1v) is 17.8. The zero-order chi connectivity index (χ0) is 29.8. The zero-order valence-corrected chi connectivity index (χ0v) is 26.9. The Balaban J connectivity index is 1.42. The van der Waals surface area contributed by atoms with Crippen molar-refractivity contribution in [1.82, 2.24) is 0 Å². The van der Waals surface area contributed by atoms with Crippen LogP contribution in [-0.4, -0.2) is 44.7 Å². The Morgan fingerprint density at radius 2 is 1.44 bits per heavy atom. The summed E-state index contributed by atoms with van der Waals surface area (Å²) in [6.45, 7) is 9.19. The fraction of sp³-hybridized carbons (Fsp3) is 0.972. The molecule has 0 aromatic carbocycles. The number of hydrogen-bond donors (Lipinski definition) is 4. The number of carboxylic acid groups (broad SMARTS) is 1. The highest BCUT2D eigenvalue weighted by molar-refractivity contribution is 5.66. The van der Waals surface area contributed by atoms with Crippen LogP contribution >= 0.6 is 0 Å². The zero-order valence-electron chi connectivity index (χ0n) is 26.9. The van der Waals surface area contributed by atoms with Crippen molar-refractivity contribution in [1.29, 1.82) is 0 Å². The van der Waals surface area contributed by atoms with E-state index in [1.54, 1.807) is 0 Å². The SMILES string of the molecule is CCCCCCCCCCCCC1C[C@@H](O)C[C@H]2C[C@@H](O)[C@@H]3[C@H](C[C@H](O)[C@]4(C)[C@@H]([C@H](C)CCC(=O)O)CC[C@@H]34)[C@@]12C. The third kappa shape index (κ3) is 6.88. The Bertz CT molecular complexity index is 831. The Morgan fingerprint density at radius 3 is 2.07 bits per heavy atom. The van der Waals surface area contributed by atoms with Crippen LogP contribution in [0, 0.1) is 52.3 Å². The van der Waals surface area contributed by atoms with Gasteiger partial charge in [-0.1, -0.05) is 91.9 Å². The molecule has 4 saturated carbocycles. The summed E-state index contributed by atoms with van der Waals surface area (Å²) in [5, 5.41) is 43.8. The van der Waals surface area contributed by atoms with Crippen LogP contribution in [0.4, 0.5) is 0 Å². The summed E-state index contributed by atoms with van der Waals surface area (Å²) in [5.41, 5.74) is -0.207. The van der Waals surface area contributed by atoms with Crippen molar-refractivity contribution in [2.24, 2.45) is 52.3 Å². The average Bonchev–Trinajstić information content (AvgIpc) is 3.28. The Labute approximate surface area is 251 Å². The molecular formula is C36H64O5. The standard InChI is InChI=1S/C36H64O5/c1-5-6-7-8-9-10-11-12-13-14-15-25-20-27(37)21-26-22-31(38)34-29-18-17-28(24(2)16-19-33(40)41)36(29,4)32(39)23-30(34)35(25,26)3/h24-32,34,37-39H,5-23H2,1-4H3,(H,40,41)/t24-,25?,26+,27-,28-,29+,30+,31-,32+,34+,35+,36-/m1/s1. The van der Waals surface area contributed by atoms with Crippen LogP contribution in [0.2, 0.25) is 0 Å². The molecule has 0 saturated heterocycles. The minimum Gasteiger partial charge on any atom is -0.481 e. The van der Waals surface area contributed by atoms with Gasteiger partial charge in [0.05, 0.1) is 18.3 Å². The minimum atomic E-state index is -0.740. The van der Waals surface area contributed by atoms with Crippen LogP contribution in [0.15, 0.2) is 0 Å². The van der Waals surface area contributed by atoms with Crippen LogP contribution in [-0.2, 0) is 4.79 Å². The van der Waals surface area contributed by atoms with Gasteiger partial charge in [-0.25, -0.2) is 0 Å². The molecule has 1 unspecified atom stereocenters. The third-order valence-corrected chi connectivity index (χ3v) is 13.6. The number of carboxylic acids is 1. The van der Waals surface area contributed by atoms with E-state index < -0.39 is 12.1 Å². The second-order valence-corrected chi connectivity index (χ2v) is 15.7. The van der Waals surface area contributed by atoms with Gasteiger partial charge in [-0.3, -0.25) is 4.79 Å². The summed E-state index contributed by atoms with van der Waals surface area (Å²) in [4.78, 5) is 11.3. The fourth-order valence-corrected chi connectivity index (χ4v) is 11.2. The maximum atomic E-state index is 11.9. The molecule has 4 aliphatic rings. The van der Waals surface area contributed by atoms with E-state index >= 15 is 0 Å². The van der Waals surface area contributed by atoms with Gasteiger partial charge in [0, 0.05) is 6.42 Å². The Morgan fingerprint density at radius 1 is 0.805 bits per heavy atom. The molecule has 4 N–H and O–H groups in total. The fourth-order valence-electron chi connectivity index (χ4n) is 11.2. The number of rotatable bonds is 15. The number of unbranched alkanes of at least 4 members (excludes halogenated alkanes) is 9. The quantitative estimate of drug-likeness (QED) is 0.148. The molecule has 238 valence electrons. The molecule has 0 radical (unpaired) electrons. The van der Waals surface area contributed by atoms with Crippen molar-refractivity contribution < 1.29 is 25.2 Å². The third-order valence-electron chi connectivity index (χ3n) is 13.6. The van der Waals surface area contributed by atoms with Gasteiger partial charge in [-0.05, 0) is 104 Å². The largest absolute Gasteiger partial charge is 0.481 e. The summed E-state index contributed by atoms with van der Waals surface area (Å²) in [7, 11) is 0. The van der Waals surface area contributed by atoms with Crippen molar-refractivity contribution in [3.8, 4) is 0 Å². The number of carbonyl (C=O) groups is 1. The lowest BCUT2D eigenvalue weighted by molar-refractivity contribution is -0.223. The molecule has 0 aromatic rings. The number of fused-ring (bicyclic) bond motifs is 5. The van der Waals surface area contributed by atoms with Crippen molar-refractivity contribution >= 4 is 5.97 Å². The minimum absolute atomic E-state index is 0.0533. The summed E-state index contributed by atoms with van der Waals surface area (Å²) in [6, 6.07) is 0. The summed E-state index contributed by atoms with van der Waals surface area (Å²) < 4.78 is 0. The maximum absolute atomic E-state index is 11.9. The number of aliphatic hydroxyl groups excluding tert-OH is 3. The van der Waals surface area contributed by atoms with Crippen molar-refractivity contribution in [3.05, 3.63) is 0 Å². The number of aliphatic hydroxyl groups is 3. The van der Waals surface area contributed by atoms with E-state index in [-0.39, 0.29) is 53.1 Å².